The van der Waals surface area contributed by atoms with Gasteiger partial charge in [-0.2, -0.15) is 9.97 Å². The number of hydrogen-bond acceptors (Lipinski definition) is 11. The van der Waals surface area contributed by atoms with Crippen molar-refractivity contribution in [2.75, 3.05) is 0 Å². The van der Waals surface area contributed by atoms with Crippen LogP contribution < -0.4 is 0 Å². The Labute approximate surface area is 692 Å². The molecule has 15 aromatic carbocycles. The Balaban J connectivity index is 0.000000114. The molecule has 20 aromatic rings. The Morgan fingerprint density at radius 3 is 0.706 bits per heavy atom. The van der Waals surface area contributed by atoms with Crippen molar-refractivity contribution in [1.82, 2.24) is 59.4 Å². The van der Waals surface area contributed by atoms with E-state index in [0.29, 0.717) is 52.5 Å². The van der Waals surface area contributed by atoms with Crippen molar-refractivity contribution in [3.05, 3.63) is 436 Å². The summed E-state index contributed by atoms with van der Waals surface area (Å²) in [5.74, 6) is 6.97. The highest BCUT2D eigenvalue weighted by atomic mass is 15.2. The van der Waals surface area contributed by atoms with Gasteiger partial charge in [-0.1, -0.05) is 382 Å². The van der Waals surface area contributed by atoms with Crippen LogP contribution in [0.2, 0.25) is 0 Å². The largest absolute Gasteiger partial charge is 0.278 e. The van der Waals surface area contributed by atoms with Crippen molar-refractivity contribution < 1.29 is 0 Å². The third kappa shape index (κ3) is 18.1. The van der Waals surface area contributed by atoms with E-state index in [1.54, 1.807) is 0 Å². The number of hydrogen-bond donors (Lipinski definition) is 0. The van der Waals surface area contributed by atoms with Gasteiger partial charge in [-0.15, -0.1) is 0 Å². The molecule has 0 spiro atoms. The first-order chi connectivity index (χ1) is 58.6. The second kappa shape index (κ2) is 35.7. The second-order valence-corrected chi connectivity index (χ2v) is 28.7. The smallest absolute Gasteiger partial charge is 0.238 e. The van der Waals surface area contributed by atoms with E-state index in [-0.39, 0.29) is 0 Å². The minimum absolute atomic E-state index is 0.647. The Hall–Kier alpha value is -15.8. The molecule has 0 aliphatic heterocycles. The minimum atomic E-state index is 0.647. The molecule has 0 saturated carbocycles. The lowest BCUT2D eigenvalue weighted by Crippen LogP contribution is -2.06. The lowest BCUT2D eigenvalue weighted by atomic mass is 10.0. The highest BCUT2D eigenvalue weighted by Crippen LogP contribution is 2.35. The van der Waals surface area contributed by atoms with E-state index < -0.39 is 0 Å². The van der Waals surface area contributed by atoms with Crippen LogP contribution in [0.1, 0.15) is 23.3 Å². The Morgan fingerprint density at radius 1 is 0.151 bits per heavy atom. The lowest BCUT2D eigenvalue weighted by Gasteiger charge is -2.09. The van der Waals surface area contributed by atoms with Gasteiger partial charge in [0.15, 0.2) is 29.1 Å². The van der Waals surface area contributed by atoms with E-state index >= 15 is 0 Å². The van der Waals surface area contributed by atoms with E-state index in [0.717, 1.165) is 78.3 Å². The summed E-state index contributed by atoms with van der Waals surface area (Å²) in [6.07, 6.45) is 0. The Kier molecular flexibility index (Phi) is 22.8. The maximum atomic E-state index is 4.82. The molecule has 0 radical (unpaired) electrons. The molecule has 0 N–H and O–H groups in total. The normalized spacial score (nSPS) is 10.9. The summed E-state index contributed by atoms with van der Waals surface area (Å²) in [4.78, 5) is 51.3. The zero-order valence-corrected chi connectivity index (χ0v) is 66.1. The molecule has 5 heterocycles. The predicted molar refractivity (Wildman–Crippen MR) is 485 cm³/mol. The molecule has 12 heteroatoms. The molecule has 0 saturated heterocycles. The molecule has 0 aliphatic rings. The number of nitrogens with zero attached hydrogens (tertiary/aromatic N) is 12. The molecule has 12 nitrogen and oxygen atoms in total. The maximum Gasteiger partial charge on any atom is 0.238 e. The van der Waals surface area contributed by atoms with Gasteiger partial charge in [0.2, 0.25) is 5.95 Å². The number of aromatic nitrogens is 12. The Bertz CT molecular complexity index is 6250. The summed E-state index contributed by atoms with van der Waals surface area (Å²) in [6.45, 7) is 7.68. The molecular weight excluding hydrogens is 1450 g/mol. The van der Waals surface area contributed by atoms with Crippen molar-refractivity contribution >= 4 is 21.8 Å². The van der Waals surface area contributed by atoms with Crippen LogP contribution in [0.25, 0.3) is 174 Å². The van der Waals surface area contributed by atoms with E-state index in [1.165, 1.54) is 66.4 Å². The van der Waals surface area contributed by atoms with Gasteiger partial charge in [0.25, 0.3) is 0 Å². The number of rotatable bonds is 14. The molecule has 568 valence electrons. The first kappa shape index (κ1) is 75.9. The van der Waals surface area contributed by atoms with Crippen molar-refractivity contribution in [3.8, 4) is 152 Å². The SMILES string of the molecule is Cc1nc(-c2ccc(-c3ccccc3)cc2)cc(-c2ccc(-c3ccccc3)cc2)n1.Cc1nc(-c2ccc(-c3ccccc3)cc2)nc(-c2ccc(-c3ccccc3)cc2)n1.Cc1nc(-c2cccc(-c3ccccc3)c2)nc(-c2cccc(-c3ccccc3)c2)n1.Cc1nc(-c2ccccc2)nc(-n2c3ccccc3c3ccccc32)n1. The molecule has 0 bridgehead atoms. The van der Waals surface area contributed by atoms with Crippen molar-refractivity contribution in [1.29, 1.82) is 0 Å². The van der Waals surface area contributed by atoms with Gasteiger partial charge in [0, 0.05) is 49.7 Å². The van der Waals surface area contributed by atoms with Crippen LogP contribution in [0.5, 0.6) is 0 Å². The van der Waals surface area contributed by atoms with Gasteiger partial charge < -0.3 is 0 Å². The fraction of sp³-hybridized carbons (Fsp3) is 0.0374. The first-order valence-corrected chi connectivity index (χ1v) is 39.6. The molecular formula is C107H80N12. The second-order valence-electron chi connectivity index (χ2n) is 28.7. The van der Waals surface area contributed by atoms with Gasteiger partial charge in [0.05, 0.1) is 22.4 Å². The van der Waals surface area contributed by atoms with Gasteiger partial charge in [0.1, 0.15) is 23.3 Å². The van der Waals surface area contributed by atoms with Crippen LogP contribution in [-0.4, -0.2) is 59.4 Å². The summed E-state index contributed by atoms with van der Waals surface area (Å²) < 4.78 is 2.12. The fourth-order valence-electron chi connectivity index (χ4n) is 14.5. The third-order valence-corrected chi connectivity index (χ3v) is 20.4. The lowest BCUT2D eigenvalue weighted by molar-refractivity contribution is 0.907. The first-order valence-electron chi connectivity index (χ1n) is 39.6. The summed E-state index contributed by atoms with van der Waals surface area (Å²) in [6, 6.07) is 142. The predicted octanol–water partition coefficient (Wildman–Crippen LogP) is 26.1. The van der Waals surface area contributed by atoms with Crippen LogP contribution in [0.4, 0.5) is 0 Å². The topological polar surface area (TPSA) is 147 Å². The fourth-order valence-corrected chi connectivity index (χ4v) is 14.5. The highest BCUT2D eigenvalue weighted by Gasteiger charge is 2.18. The third-order valence-electron chi connectivity index (χ3n) is 20.4. The molecule has 0 atom stereocenters. The number of fused-ring (bicyclic) bond motifs is 3. The molecule has 0 amide bonds. The summed E-state index contributed by atoms with van der Waals surface area (Å²) >= 11 is 0. The molecule has 0 aliphatic carbocycles. The van der Waals surface area contributed by atoms with Crippen molar-refractivity contribution in [2.45, 2.75) is 27.7 Å². The van der Waals surface area contributed by atoms with Gasteiger partial charge in [-0.05, 0) is 125 Å². The van der Waals surface area contributed by atoms with Crippen LogP contribution in [0.3, 0.4) is 0 Å². The summed E-state index contributed by atoms with van der Waals surface area (Å²) in [5.41, 5.74) is 25.3. The van der Waals surface area contributed by atoms with E-state index in [1.807, 2.05) is 179 Å². The van der Waals surface area contributed by atoms with Crippen LogP contribution in [-0.2, 0) is 0 Å². The van der Waals surface area contributed by atoms with Gasteiger partial charge >= 0.3 is 0 Å². The Morgan fingerprint density at radius 2 is 0.370 bits per heavy atom. The van der Waals surface area contributed by atoms with E-state index in [4.69, 9.17) is 15.0 Å². The van der Waals surface area contributed by atoms with Crippen molar-refractivity contribution in [3.63, 3.8) is 0 Å². The van der Waals surface area contributed by atoms with Crippen LogP contribution in [0, 0.1) is 27.7 Å². The molecule has 119 heavy (non-hydrogen) atoms. The van der Waals surface area contributed by atoms with Crippen molar-refractivity contribution in [2.24, 2.45) is 0 Å². The quantitative estimate of drug-likeness (QED) is 0.102. The minimum Gasteiger partial charge on any atom is -0.278 e. The molecule has 0 fully saturated rings. The average Bonchev–Trinajstić information content (AvgIpc) is 1.60. The molecule has 5 aromatic heterocycles. The van der Waals surface area contributed by atoms with Crippen LogP contribution in [0.15, 0.2) is 413 Å². The zero-order chi connectivity index (χ0) is 80.6. The highest BCUT2D eigenvalue weighted by molar-refractivity contribution is 6.09. The van der Waals surface area contributed by atoms with E-state index in [9.17, 15) is 0 Å². The number of aryl methyl sites for hydroxylation is 4. The maximum absolute atomic E-state index is 4.82. The number of para-hydroxylation sites is 2. The summed E-state index contributed by atoms with van der Waals surface area (Å²) in [7, 11) is 0. The van der Waals surface area contributed by atoms with Gasteiger partial charge in [-0.3, -0.25) is 4.57 Å². The zero-order valence-electron chi connectivity index (χ0n) is 66.1. The van der Waals surface area contributed by atoms with Gasteiger partial charge in [-0.25, -0.2) is 44.9 Å². The molecule has 0 unspecified atom stereocenters. The summed E-state index contributed by atoms with van der Waals surface area (Å²) in [5, 5.41) is 2.39. The van der Waals surface area contributed by atoms with Crippen LogP contribution >= 0.6 is 0 Å². The number of benzene rings is 15. The van der Waals surface area contributed by atoms with E-state index in [2.05, 4.69) is 305 Å². The average molecular weight is 1530 g/mol. The molecule has 20 rings (SSSR count). The standard InChI is InChI=1S/C29H22N2.2C28H21N3.C22H16N4/c1-21-30-28(26-16-12-24(13-17-26)22-8-4-2-5-9-22)20-29(31-21)27-18-14-25(15-19-27)23-10-6-3-7-11-23;1-20-29-27(25-16-8-14-23(18-25)21-10-4-2-5-11-21)31-28(30-20)26-17-9-15-24(19-26)22-12-6-3-7-13-22;1-20-29-27(25-16-12-23(13-17-25)21-8-4-2-5-9-21)31-28(30-20)26-18-14-24(15-19-26)22-10-6-3-7-11-22;1-15-23-21(16-9-3-2-4-10-16)25-22(24-15)26-19-13-7-5-11-17(19)18-12-6-8-14-20(18)26/h2-20H,1H3;2*2-19H,1H3;2-14H,1H3. The monoisotopic (exact) mass is 1530 g/mol.